The zero-order valence-corrected chi connectivity index (χ0v) is 22.1. The Morgan fingerprint density at radius 2 is 1.73 bits per heavy atom. The second kappa shape index (κ2) is 8.72. The van der Waals surface area contributed by atoms with Gasteiger partial charge in [-0.1, -0.05) is 46.8 Å². The number of carboxylic acids is 1. The fourth-order valence-electron chi connectivity index (χ4n) is 5.51. The third kappa shape index (κ3) is 4.56. The van der Waals surface area contributed by atoms with Crippen LogP contribution >= 0.6 is 0 Å². The lowest BCUT2D eigenvalue weighted by molar-refractivity contribution is -0.722. The van der Waals surface area contributed by atoms with Crippen LogP contribution in [0, 0.1) is 11.3 Å². The number of amides is 2. The van der Waals surface area contributed by atoms with Crippen molar-refractivity contribution in [1.82, 2.24) is 0 Å². The van der Waals surface area contributed by atoms with Gasteiger partial charge in [-0.25, -0.2) is 19.0 Å². The van der Waals surface area contributed by atoms with Crippen molar-refractivity contribution in [1.29, 1.82) is 0 Å². The fourth-order valence-corrected chi connectivity index (χ4v) is 5.51. The Morgan fingerprint density at radius 1 is 1.11 bits per heavy atom. The predicted octanol–water partition coefficient (Wildman–Crippen LogP) is 7.22. The summed E-state index contributed by atoms with van der Waals surface area (Å²) in [6.07, 6.45) is -1.82. The van der Waals surface area contributed by atoms with Gasteiger partial charge in [-0.3, -0.25) is 0 Å². The lowest BCUT2D eigenvalue weighted by atomic mass is 9.81. The summed E-state index contributed by atoms with van der Waals surface area (Å²) in [5, 5.41) is 9.20. The largest absolute Gasteiger partial charge is 0.478 e. The van der Waals surface area contributed by atoms with Crippen LogP contribution in [0.1, 0.15) is 68.1 Å². The minimum atomic E-state index is -4.50. The van der Waals surface area contributed by atoms with Gasteiger partial charge in [0.2, 0.25) is 5.54 Å². The third-order valence-corrected chi connectivity index (χ3v) is 7.71. The Labute approximate surface area is 215 Å². The first-order chi connectivity index (χ1) is 17.0. The first-order valence-corrected chi connectivity index (χ1v) is 12.5. The molecule has 2 aliphatic heterocycles. The quantitative estimate of drug-likeness (QED) is 0.326. The molecule has 2 heterocycles. The van der Waals surface area contributed by atoms with Gasteiger partial charge in [0, 0.05) is 17.3 Å². The lowest BCUT2D eigenvalue weighted by Crippen LogP contribution is -2.50. The maximum atomic E-state index is 14.2. The van der Waals surface area contributed by atoms with E-state index < -0.39 is 23.2 Å². The first-order valence-electron chi connectivity index (χ1n) is 12.5. The molecule has 8 heteroatoms. The summed E-state index contributed by atoms with van der Waals surface area (Å²) in [5.41, 5.74) is 0.658. The van der Waals surface area contributed by atoms with E-state index in [1.165, 1.54) is 23.1 Å². The number of carbonyl (C=O) groups excluding carboxylic acids is 1. The number of urea groups is 1. The number of hydrogen-bond acceptors (Lipinski definition) is 2. The van der Waals surface area contributed by atoms with Gasteiger partial charge in [0.15, 0.2) is 6.54 Å². The highest BCUT2D eigenvalue weighted by molar-refractivity contribution is 5.94. The van der Waals surface area contributed by atoms with Crippen molar-refractivity contribution in [3.63, 3.8) is 0 Å². The zero-order valence-electron chi connectivity index (χ0n) is 22.1. The SMILES string of the molecule is CC(C)C1=CN(c2ccc(C(=O)O)cc2)C(=O)[N+]2(C)C[C@]12c1ccc(CCC(C)(C)C)c(C(F)(F)F)c1. The third-order valence-electron chi connectivity index (χ3n) is 7.71. The molecule has 0 saturated carbocycles. The Kier molecular flexibility index (Phi) is 6.35. The van der Waals surface area contributed by atoms with E-state index in [0.29, 0.717) is 30.6 Å². The highest BCUT2D eigenvalue weighted by Gasteiger charge is 2.77. The summed E-state index contributed by atoms with van der Waals surface area (Å²) in [4.78, 5) is 26.5. The molecule has 2 aromatic carbocycles. The van der Waals surface area contributed by atoms with Crippen LogP contribution in [0.2, 0.25) is 0 Å². The number of aromatic carboxylic acids is 1. The van der Waals surface area contributed by atoms with Crippen molar-refractivity contribution in [2.45, 2.75) is 59.2 Å². The first kappa shape index (κ1) is 26.9. The number of aryl methyl sites for hydroxylation is 1. The van der Waals surface area contributed by atoms with Crippen molar-refractivity contribution in [3.8, 4) is 0 Å². The predicted molar refractivity (Wildman–Crippen MR) is 136 cm³/mol. The number of likely N-dealkylation sites (N-methyl/N-ethyl adjacent to an activating group) is 1. The van der Waals surface area contributed by atoms with E-state index >= 15 is 0 Å². The van der Waals surface area contributed by atoms with Crippen molar-refractivity contribution >= 4 is 17.7 Å². The average Bonchev–Trinajstić information content (AvgIpc) is 3.45. The Balaban J connectivity index is 1.81. The highest BCUT2D eigenvalue weighted by atomic mass is 19.4. The smallest absolute Gasteiger partial charge is 0.428 e. The molecule has 2 aromatic rings. The van der Waals surface area contributed by atoms with Gasteiger partial charge in [0.1, 0.15) is 0 Å². The van der Waals surface area contributed by atoms with Crippen LogP contribution in [-0.4, -0.2) is 35.2 Å². The van der Waals surface area contributed by atoms with Crippen molar-refractivity contribution in [2.24, 2.45) is 11.3 Å². The molecule has 4 rings (SSSR count). The molecule has 37 heavy (non-hydrogen) atoms. The maximum absolute atomic E-state index is 14.2. The maximum Gasteiger partial charge on any atom is 0.428 e. The molecule has 0 aliphatic carbocycles. The highest BCUT2D eigenvalue weighted by Crippen LogP contribution is 2.60. The zero-order chi connectivity index (χ0) is 27.6. The molecule has 1 N–H and O–H groups in total. The molecule has 198 valence electrons. The lowest BCUT2D eigenvalue weighted by Gasteiger charge is -2.34. The number of carbonyl (C=O) groups is 2. The van der Waals surface area contributed by atoms with E-state index in [1.807, 2.05) is 34.6 Å². The molecule has 2 atom stereocenters. The molecule has 2 aliphatic rings. The molecule has 0 spiro atoms. The number of alkyl halides is 3. The number of benzene rings is 2. The van der Waals surface area contributed by atoms with Gasteiger partial charge in [-0.15, -0.1) is 0 Å². The van der Waals surface area contributed by atoms with E-state index in [2.05, 4.69) is 0 Å². The Hall–Kier alpha value is -3.13. The number of carboxylic acid groups (broad SMARTS) is 1. The number of hydrogen-bond donors (Lipinski definition) is 1. The molecular formula is C29H34F3N2O3+. The second-order valence-corrected chi connectivity index (χ2v) is 11.9. The minimum absolute atomic E-state index is 0.0382. The minimum Gasteiger partial charge on any atom is -0.478 e. The summed E-state index contributed by atoms with van der Waals surface area (Å²) in [6, 6.07) is 10.3. The number of halogens is 3. The van der Waals surface area contributed by atoms with Crippen LogP contribution in [0.3, 0.4) is 0 Å². The van der Waals surface area contributed by atoms with Gasteiger partial charge in [0.05, 0.1) is 23.9 Å². The van der Waals surface area contributed by atoms with Gasteiger partial charge < -0.3 is 5.11 Å². The number of rotatable bonds is 6. The number of anilines is 1. The van der Waals surface area contributed by atoms with Gasteiger partial charge in [-0.05, 0) is 60.1 Å². The molecular weight excluding hydrogens is 481 g/mol. The average molecular weight is 516 g/mol. The number of quaternary nitrogens is 1. The van der Waals surface area contributed by atoms with E-state index in [1.54, 1.807) is 37.5 Å². The normalized spacial score (nSPS) is 23.7. The Bertz CT molecular complexity index is 1270. The van der Waals surface area contributed by atoms with Gasteiger partial charge >= 0.3 is 18.2 Å². The van der Waals surface area contributed by atoms with E-state index in [0.717, 1.165) is 5.57 Å². The van der Waals surface area contributed by atoms with Gasteiger partial charge in [0.25, 0.3) is 0 Å². The van der Waals surface area contributed by atoms with Crippen LogP contribution in [0.15, 0.2) is 54.2 Å². The molecule has 1 saturated heterocycles. The van der Waals surface area contributed by atoms with Crippen LogP contribution in [-0.2, 0) is 18.1 Å². The van der Waals surface area contributed by atoms with E-state index in [-0.39, 0.29) is 33.0 Å². The fraction of sp³-hybridized carbons (Fsp3) is 0.448. The summed E-state index contributed by atoms with van der Waals surface area (Å²) < 4.78 is 42.6. The van der Waals surface area contributed by atoms with Crippen LogP contribution in [0.5, 0.6) is 0 Å². The molecule has 1 fully saturated rings. The van der Waals surface area contributed by atoms with E-state index in [9.17, 15) is 27.9 Å². The topological polar surface area (TPSA) is 57.6 Å². The van der Waals surface area contributed by atoms with Crippen molar-refractivity contribution in [3.05, 3.63) is 76.5 Å². The number of nitrogens with zero attached hydrogens (tertiary/aromatic N) is 2. The monoisotopic (exact) mass is 515 g/mol. The summed E-state index contributed by atoms with van der Waals surface area (Å²) >= 11 is 0. The van der Waals surface area contributed by atoms with Crippen LogP contribution in [0.4, 0.5) is 23.7 Å². The molecule has 0 radical (unpaired) electrons. The number of fused-ring (bicyclic) bond motifs is 1. The second-order valence-electron chi connectivity index (χ2n) is 11.9. The summed E-state index contributed by atoms with van der Waals surface area (Å²) in [6.45, 7) is 10.3. The van der Waals surface area contributed by atoms with Crippen LogP contribution < -0.4 is 4.90 Å². The van der Waals surface area contributed by atoms with Crippen LogP contribution in [0.25, 0.3) is 0 Å². The van der Waals surface area contributed by atoms with Crippen molar-refractivity contribution < 1.29 is 32.3 Å². The molecule has 1 unspecified atom stereocenters. The molecule has 0 bridgehead atoms. The molecule has 0 aromatic heterocycles. The van der Waals surface area contributed by atoms with Gasteiger partial charge in [-0.2, -0.15) is 13.2 Å². The van der Waals surface area contributed by atoms with E-state index in [4.69, 9.17) is 0 Å². The summed E-state index contributed by atoms with van der Waals surface area (Å²) in [5.74, 6) is -1.10. The standard InChI is InChI=1S/C29H33F3N2O3/c1-18(2)24-16-33(22-11-8-20(9-12-22)25(35)36)26(37)34(6)17-28(24,34)21-10-7-19(13-14-27(3,4)5)23(15-21)29(30,31)32/h7-12,15-16,18H,13-14,17H2,1-6H3/p+1/t28-,34?/m0/s1. The summed E-state index contributed by atoms with van der Waals surface area (Å²) in [7, 11) is 1.76. The Morgan fingerprint density at radius 3 is 2.24 bits per heavy atom. The molecule has 2 amide bonds. The molecule has 5 nitrogen and oxygen atoms in total. The van der Waals surface area contributed by atoms with Crippen molar-refractivity contribution in [2.75, 3.05) is 18.5 Å².